The van der Waals surface area contributed by atoms with Crippen LogP contribution in [-0.2, 0) is 6.42 Å². The predicted octanol–water partition coefficient (Wildman–Crippen LogP) is 3.30. The van der Waals surface area contributed by atoms with Crippen molar-refractivity contribution in [2.75, 3.05) is 24.5 Å². The molecule has 2 aromatic carbocycles. The lowest BCUT2D eigenvalue weighted by molar-refractivity contribution is 0.145. The van der Waals surface area contributed by atoms with Crippen molar-refractivity contribution in [3.8, 4) is 5.75 Å². The van der Waals surface area contributed by atoms with Gasteiger partial charge in [-0.1, -0.05) is 30.3 Å². The summed E-state index contributed by atoms with van der Waals surface area (Å²) in [6, 6.07) is 17.4. The Kier molecular flexibility index (Phi) is 5.14. The lowest BCUT2D eigenvalue weighted by Crippen LogP contribution is -2.35. The van der Waals surface area contributed by atoms with Gasteiger partial charge in [0.25, 0.3) is 0 Å². The Morgan fingerprint density at radius 1 is 1.12 bits per heavy atom. The van der Waals surface area contributed by atoms with Crippen LogP contribution in [-0.4, -0.2) is 36.9 Å². The molecule has 4 heteroatoms. The number of para-hydroxylation sites is 1. The number of fused-ring (bicyclic) bond motifs is 1. The summed E-state index contributed by atoms with van der Waals surface area (Å²) in [5.41, 5.74) is 3.85. The SMILES string of the molecule is CC(NCC1Cc2ccccc2O1)c1ccc(N2CCC(O)CC2)cc1. The van der Waals surface area contributed by atoms with E-state index in [0.29, 0.717) is 6.04 Å². The molecular weight excluding hydrogens is 324 g/mol. The summed E-state index contributed by atoms with van der Waals surface area (Å²) in [6.07, 6.45) is 2.80. The number of nitrogens with zero attached hydrogens (tertiary/aromatic N) is 1. The number of hydrogen-bond acceptors (Lipinski definition) is 4. The van der Waals surface area contributed by atoms with Crippen LogP contribution in [0.15, 0.2) is 48.5 Å². The molecule has 0 radical (unpaired) electrons. The van der Waals surface area contributed by atoms with Crippen LogP contribution in [0.4, 0.5) is 5.69 Å². The number of benzene rings is 2. The molecule has 0 amide bonds. The summed E-state index contributed by atoms with van der Waals surface area (Å²) in [5.74, 6) is 1.03. The van der Waals surface area contributed by atoms with Gasteiger partial charge in [0.1, 0.15) is 11.9 Å². The van der Waals surface area contributed by atoms with E-state index in [2.05, 4.69) is 59.6 Å². The van der Waals surface area contributed by atoms with E-state index in [-0.39, 0.29) is 12.2 Å². The molecular formula is C22H28N2O2. The second-order valence-electron chi connectivity index (χ2n) is 7.49. The van der Waals surface area contributed by atoms with E-state index in [1.807, 2.05) is 6.07 Å². The molecule has 1 fully saturated rings. The van der Waals surface area contributed by atoms with Gasteiger partial charge in [-0.3, -0.25) is 0 Å². The van der Waals surface area contributed by atoms with Crippen LogP contribution in [0.3, 0.4) is 0 Å². The molecule has 4 nitrogen and oxygen atoms in total. The second-order valence-corrected chi connectivity index (χ2v) is 7.49. The molecule has 4 rings (SSSR count). The van der Waals surface area contributed by atoms with Gasteiger partial charge in [-0.25, -0.2) is 0 Å². The topological polar surface area (TPSA) is 44.7 Å². The van der Waals surface area contributed by atoms with Crippen LogP contribution >= 0.6 is 0 Å². The lowest BCUT2D eigenvalue weighted by Gasteiger charge is -2.31. The Morgan fingerprint density at radius 2 is 1.85 bits per heavy atom. The van der Waals surface area contributed by atoms with Gasteiger partial charge >= 0.3 is 0 Å². The normalized spacial score (nSPS) is 21.3. The Labute approximate surface area is 155 Å². The maximum Gasteiger partial charge on any atom is 0.123 e. The number of piperidine rings is 1. The van der Waals surface area contributed by atoms with Gasteiger partial charge in [-0.05, 0) is 49.1 Å². The molecule has 0 saturated carbocycles. The van der Waals surface area contributed by atoms with Gasteiger partial charge < -0.3 is 20.1 Å². The van der Waals surface area contributed by atoms with Gasteiger partial charge in [0, 0.05) is 37.8 Å². The zero-order valence-corrected chi connectivity index (χ0v) is 15.4. The zero-order valence-electron chi connectivity index (χ0n) is 15.4. The van der Waals surface area contributed by atoms with Crippen LogP contribution in [0.1, 0.15) is 36.9 Å². The fourth-order valence-electron chi connectivity index (χ4n) is 3.89. The minimum atomic E-state index is -0.126. The van der Waals surface area contributed by atoms with Crippen molar-refractivity contribution in [1.82, 2.24) is 5.32 Å². The lowest BCUT2D eigenvalue weighted by atomic mass is 10.0. The first-order chi connectivity index (χ1) is 12.7. The number of rotatable bonds is 5. The Hall–Kier alpha value is -2.04. The van der Waals surface area contributed by atoms with Gasteiger partial charge in [0.2, 0.25) is 0 Å². The molecule has 2 atom stereocenters. The predicted molar refractivity (Wildman–Crippen MR) is 105 cm³/mol. The van der Waals surface area contributed by atoms with E-state index in [4.69, 9.17) is 4.74 Å². The van der Waals surface area contributed by atoms with Crippen molar-refractivity contribution in [3.05, 3.63) is 59.7 Å². The van der Waals surface area contributed by atoms with Gasteiger partial charge in [-0.2, -0.15) is 0 Å². The summed E-state index contributed by atoms with van der Waals surface area (Å²) in [7, 11) is 0. The summed E-state index contributed by atoms with van der Waals surface area (Å²) in [6.45, 7) is 4.93. The zero-order chi connectivity index (χ0) is 17.9. The first-order valence-electron chi connectivity index (χ1n) is 9.70. The third kappa shape index (κ3) is 3.87. The summed E-state index contributed by atoms with van der Waals surface area (Å²) >= 11 is 0. The number of aliphatic hydroxyl groups is 1. The monoisotopic (exact) mass is 352 g/mol. The molecule has 2 N–H and O–H groups in total. The maximum absolute atomic E-state index is 9.65. The van der Waals surface area contributed by atoms with E-state index in [1.165, 1.54) is 16.8 Å². The third-order valence-corrected chi connectivity index (χ3v) is 5.59. The van der Waals surface area contributed by atoms with Crippen LogP contribution < -0.4 is 15.0 Å². The molecule has 0 aromatic heterocycles. The van der Waals surface area contributed by atoms with Crippen molar-refractivity contribution in [3.63, 3.8) is 0 Å². The Morgan fingerprint density at radius 3 is 2.58 bits per heavy atom. The molecule has 0 spiro atoms. The molecule has 0 aliphatic carbocycles. The van der Waals surface area contributed by atoms with E-state index in [0.717, 1.165) is 44.6 Å². The summed E-state index contributed by atoms with van der Waals surface area (Å²) in [4.78, 5) is 2.36. The van der Waals surface area contributed by atoms with Crippen LogP contribution in [0.25, 0.3) is 0 Å². The van der Waals surface area contributed by atoms with Crippen molar-refractivity contribution in [2.24, 2.45) is 0 Å². The van der Waals surface area contributed by atoms with Gasteiger partial charge in [0.05, 0.1) is 6.10 Å². The Bertz CT molecular complexity index is 698. The maximum atomic E-state index is 9.65. The number of anilines is 1. The molecule has 1 saturated heterocycles. The van der Waals surface area contributed by atoms with Crippen LogP contribution in [0.2, 0.25) is 0 Å². The van der Waals surface area contributed by atoms with Gasteiger partial charge in [-0.15, -0.1) is 0 Å². The first kappa shape index (κ1) is 17.4. The van der Waals surface area contributed by atoms with Crippen LogP contribution in [0.5, 0.6) is 5.75 Å². The van der Waals surface area contributed by atoms with E-state index in [1.54, 1.807) is 0 Å². The fraction of sp³-hybridized carbons (Fsp3) is 0.455. The standard InChI is InChI=1S/C22H28N2O2/c1-16(23-15-21-14-18-4-2-3-5-22(18)26-21)17-6-8-19(9-7-17)24-12-10-20(25)11-13-24/h2-9,16,20-21,23,25H,10-15H2,1H3. The number of hydrogen-bond donors (Lipinski definition) is 2. The van der Waals surface area contributed by atoms with Crippen molar-refractivity contribution in [1.29, 1.82) is 0 Å². The highest BCUT2D eigenvalue weighted by molar-refractivity contribution is 5.48. The van der Waals surface area contributed by atoms with E-state index >= 15 is 0 Å². The minimum absolute atomic E-state index is 0.126. The number of ether oxygens (including phenoxy) is 1. The molecule has 2 heterocycles. The number of aliphatic hydroxyl groups excluding tert-OH is 1. The number of nitrogens with one attached hydrogen (secondary N) is 1. The smallest absolute Gasteiger partial charge is 0.123 e. The summed E-state index contributed by atoms with van der Waals surface area (Å²) < 4.78 is 6.01. The molecule has 2 aliphatic heterocycles. The molecule has 0 bridgehead atoms. The van der Waals surface area contributed by atoms with Crippen LogP contribution in [0, 0.1) is 0 Å². The first-order valence-corrected chi connectivity index (χ1v) is 9.70. The highest BCUT2D eigenvalue weighted by atomic mass is 16.5. The second kappa shape index (κ2) is 7.68. The molecule has 138 valence electrons. The Balaban J connectivity index is 1.29. The van der Waals surface area contributed by atoms with E-state index < -0.39 is 0 Å². The average molecular weight is 352 g/mol. The van der Waals surface area contributed by atoms with Gasteiger partial charge in [0.15, 0.2) is 0 Å². The van der Waals surface area contributed by atoms with Crippen molar-refractivity contribution < 1.29 is 9.84 Å². The van der Waals surface area contributed by atoms with Crippen molar-refractivity contribution >= 4 is 5.69 Å². The average Bonchev–Trinajstić information content (AvgIpc) is 3.10. The molecule has 26 heavy (non-hydrogen) atoms. The largest absolute Gasteiger partial charge is 0.488 e. The molecule has 2 unspecified atom stereocenters. The highest BCUT2D eigenvalue weighted by Gasteiger charge is 2.22. The van der Waals surface area contributed by atoms with Crippen molar-refractivity contribution in [2.45, 2.75) is 44.4 Å². The quantitative estimate of drug-likeness (QED) is 0.867. The highest BCUT2D eigenvalue weighted by Crippen LogP contribution is 2.28. The summed E-state index contributed by atoms with van der Waals surface area (Å²) in [5, 5.41) is 13.3. The fourth-order valence-corrected chi connectivity index (χ4v) is 3.89. The third-order valence-electron chi connectivity index (χ3n) is 5.59. The van der Waals surface area contributed by atoms with E-state index in [9.17, 15) is 5.11 Å². The molecule has 2 aromatic rings. The molecule has 2 aliphatic rings. The minimum Gasteiger partial charge on any atom is -0.488 e.